The van der Waals surface area contributed by atoms with Crippen molar-refractivity contribution in [2.75, 3.05) is 18.1 Å². The molecule has 116 valence electrons. The summed E-state index contributed by atoms with van der Waals surface area (Å²) in [4.78, 5) is 2.45. The van der Waals surface area contributed by atoms with Gasteiger partial charge < -0.3 is 4.57 Å². The molecule has 6 heteroatoms. The molecule has 2 saturated carbocycles. The van der Waals surface area contributed by atoms with Crippen LogP contribution in [0.5, 0.6) is 0 Å². The van der Waals surface area contributed by atoms with Gasteiger partial charge in [-0.15, -0.1) is 10.2 Å². The SMILES string of the molecule is CC1CCS(=O)CCN1Cc1nnc(C2CC2)n1C1CC1. The third kappa shape index (κ3) is 2.93. The van der Waals surface area contributed by atoms with Gasteiger partial charge in [0.2, 0.25) is 0 Å². The second-order valence-electron chi connectivity index (χ2n) is 6.81. The third-order valence-corrected chi connectivity index (χ3v) is 6.31. The van der Waals surface area contributed by atoms with Crippen molar-refractivity contribution in [2.24, 2.45) is 0 Å². The zero-order valence-electron chi connectivity index (χ0n) is 12.7. The molecule has 0 amide bonds. The van der Waals surface area contributed by atoms with Gasteiger partial charge in [-0.2, -0.15) is 0 Å². The quantitative estimate of drug-likeness (QED) is 0.851. The molecular weight excluding hydrogens is 284 g/mol. The summed E-state index contributed by atoms with van der Waals surface area (Å²) in [5.74, 6) is 4.69. The molecule has 3 aliphatic rings. The average Bonchev–Trinajstić information content (AvgIpc) is 3.37. The zero-order valence-corrected chi connectivity index (χ0v) is 13.5. The van der Waals surface area contributed by atoms with Crippen molar-refractivity contribution >= 4 is 10.8 Å². The lowest BCUT2D eigenvalue weighted by Gasteiger charge is -2.26. The molecule has 4 rings (SSSR count). The first-order chi connectivity index (χ1) is 10.2. The van der Waals surface area contributed by atoms with Crippen molar-refractivity contribution < 1.29 is 4.21 Å². The van der Waals surface area contributed by atoms with Gasteiger partial charge in [-0.05, 0) is 39.0 Å². The van der Waals surface area contributed by atoms with Gasteiger partial charge in [-0.3, -0.25) is 9.11 Å². The van der Waals surface area contributed by atoms with E-state index in [1.54, 1.807) is 0 Å². The number of nitrogens with zero attached hydrogens (tertiary/aromatic N) is 4. The van der Waals surface area contributed by atoms with Gasteiger partial charge in [0.1, 0.15) is 11.6 Å². The van der Waals surface area contributed by atoms with Crippen LogP contribution in [-0.4, -0.2) is 48.0 Å². The Balaban J connectivity index is 1.54. The first kappa shape index (κ1) is 13.9. The minimum absolute atomic E-state index is 0.491. The van der Waals surface area contributed by atoms with Gasteiger partial charge in [0, 0.05) is 46.9 Å². The Morgan fingerprint density at radius 1 is 1.14 bits per heavy atom. The summed E-state index contributed by atoms with van der Waals surface area (Å²) in [5.41, 5.74) is 0. The highest BCUT2D eigenvalue weighted by molar-refractivity contribution is 7.85. The van der Waals surface area contributed by atoms with Crippen LogP contribution < -0.4 is 0 Å². The van der Waals surface area contributed by atoms with Crippen molar-refractivity contribution in [2.45, 2.75) is 63.6 Å². The maximum absolute atomic E-state index is 11.8. The van der Waals surface area contributed by atoms with Gasteiger partial charge in [0.25, 0.3) is 0 Å². The number of aromatic nitrogens is 3. The van der Waals surface area contributed by atoms with Crippen LogP contribution in [0.25, 0.3) is 0 Å². The molecule has 0 aromatic carbocycles. The van der Waals surface area contributed by atoms with Crippen molar-refractivity contribution in [1.82, 2.24) is 19.7 Å². The van der Waals surface area contributed by atoms with E-state index in [4.69, 9.17) is 0 Å². The molecule has 1 aliphatic heterocycles. The maximum atomic E-state index is 11.8. The highest BCUT2D eigenvalue weighted by Gasteiger charge is 2.36. The number of hydrogen-bond acceptors (Lipinski definition) is 4. The lowest BCUT2D eigenvalue weighted by atomic mass is 10.2. The van der Waals surface area contributed by atoms with Crippen LogP contribution >= 0.6 is 0 Å². The molecule has 2 aliphatic carbocycles. The summed E-state index contributed by atoms with van der Waals surface area (Å²) in [5, 5.41) is 9.01. The molecular formula is C15H24N4OS. The van der Waals surface area contributed by atoms with E-state index in [1.165, 1.54) is 31.5 Å². The fourth-order valence-corrected chi connectivity index (χ4v) is 4.48. The number of hydrogen-bond donors (Lipinski definition) is 0. The first-order valence-electron chi connectivity index (χ1n) is 8.25. The molecule has 2 unspecified atom stereocenters. The molecule has 0 radical (unpaired) electrons. The predicted octanol–water partition coefficient (Wildman–Crippen LogP) is 1.83. The average molecular weight is 308 g/mol. The van der Waals surface area contributed by atoms with Crippen LogP contribution in [0.1, 0.15) is 62.6 Å². The van der Waals surface area contributed by atoms with Crippen LogP contribution in [0, 0.1) is 0 Å². The van der Waals surface area contributed by atoms with E-state index in [0.29, 0.717) is 18.0 Å². The fourth-order valence-electron chi connectivity index (χ4n) is 3.24. The molecule has 3 fully saturated rings. The largest absolute Gasteiger partial charge is 0.311 e. The highest BCUT2D eigenvalue weighted by Crippen LogP contribution is 2.44. The summed E-state index contributed by atoms with van der Waals surface area (Å²) in [7, 11) is -0.635. The molecule has 1 aromatic heterocycles. The van der Waals surface area contributed by atoms with E-state index in [-0.39, 0.29) is 0 Å². The lowest BCUT2D eigenvalue weighted by molar-refractivity contribution is 0.204. The van der Waals surface area contributed by atoms with E-state index >= 15 is 0 Å². The molecule has 1 aromatic rings. The Morgan fingerprint density at radius 3 is 2.67 bits per heavy atom. The fraction of sp³-hybridized carbons (Fsp3) is 0.867. The summed E-state index contributed by atoms with van der Waals surface area (Å²) >= 11 is 0. The summed E-state index contributed by atoms with van der Waals surface area (Å²) < 4.78 is 14.2. The molecule has 0 bridgehead atoms. The monoisotopic (exact) mass is 308 g/mol. The topological polar surface area (TPSA) is 51.0 Å². The zero-order chi connectivity index (χ0) is 14.4. The van der Waals surface area contributed by atoms with Gasteiger partial charge in [0.15, 0.2) is 0 Å². The van der Waals surface area contributed by atoms with Crippen molar-refractivity contribution in [1.29, 1.82) is 0 Å². The van der Waals surface area contributed by atoms with Gasteiger partial charge in [-0.1, -0.05) is 0 Å². The first-order valence-corrected chi connectivity index (χ1v) is 9.74. The van der Waals surface area contributed by atoms with Gasteiger partial charge in [0.05, 0.1) is 6.54 Å². The predicted molar refractivity (Wildman–Crippen MR) is 82.6 cm³/mol. The second-order valence-corrected chi connectivity index (χ2v) is 8.50. The second kappa shape index (κ2) is 5.47. The lowest BCUT2D eigenvalue weighted by Crippen LogP contribution is -2.34. The summed E-state index contributed by atoms with van der Waals surface area (Å²) in [6.07, 6.45) is 6.15. The third-order valence-electron chi connectivity index (χ3n) is 4.98. The normalized spacial score (nSPS) is 31.3. The smallest absolute Gasteiger partial charge is 0.147 e. The van der Waals surface area contributed by atoms with Crippen LogP contribution in [0.15, 0.2) is 0 Å². The summed E-state index contributed by atoms with van der Waals surface area (Å²) in [6, 6.07) is 1.15. The van der Waals surface area contributed by atoms with Gasteiger partial charge >= 0.3 is 0 Å². The number of rotatable bonds is 4. The maximum Gasteiger partial charge on any atom is 0.147 e. The van der Waals surface area contributed by atoms with E-state index in [0.717, 1.165) is 36.8 Å². The standard InChI is InChI=1S/C15H24N4OS/c1-11-6-8-21(20)9-7-18(11)10-14-16-17-15(12-2-3-12)19(14)13-4-5-13/h11-13H,2-10H2,1H3. The van der Waals surface area contributed by atoms with Crippen molar-refractivity contribution in [3.63, 3.8) is 0 Å². The van der Waals surface area contributed by atoms with E-state index in [9.17, 15) is 4.21 Å². The van der Waals surface area contributed by atoms with Crippen LogP contribution in [0.4, 0.5) is 0 Å². The Morgan fingerprint density at radius 2 is 1.95 bits per heavy atom. The Labute approximate surface area is 128 Å². The van der Waals surface area contributed by atoms with E-state index in [2.05, 4.69) is 26.6 Å². The van der Waals surface area contributed by atoms with Crippen LogP contribution in [-0.2, 0) is 17.3 Å². The minimum atomic E-state index is -0.635. The van der Waals surface area contributed by atoms with Crippen molar-refractivity contribution in [3.8, 4) is 0 Å². The highest BCUT2D eigenvalue weighted by atomic mass is 32.2. The molecule has 2 atom stereocenters. The molecule has 21 heavy (non-hydrogen) atoms. The molecule has 5 nitrogen and oxygen atoms in total. The molecule has 0 spiro atoms. The van der Waals surface area contributed by atoms with Crippen molar-refractivity contribution in [3.05, 3.63) is 11.6 Å². The summed E-state index contributed by atoms with van der Waals surface area (Å²) in [6.45, 7) is 4.04. The Kier molecular flexibility index (Phi) is 3.61. The minimum Gasteiger partial charge on any atom is -0.311 e. The van der Waals surface area contributed by atoms with Crippen LogP contribution in [0.3, 0.4) is 0 Å². The van der Waals surface area contributed by atoms with Crippen LogP contribution in [0.2, 0.25) is 0 Å². The van der Waals surface area contributed by atoms with E-state index < -0.39 is 10.8 Å². The van der Waals surface area contributed by atoms with E-state index in [1.807, 2.05) is 0 Å². The molecule has 2 heterocycles. The molecule has 0 N–H and O–H groups in total. The Hall–Kier alpha value is -0.750. The van der Waals surface area contributed by atoms with Gasteiger partial charge in [-0.25, -0.2) is 0 Å². The Bertz CT molecular complexity index is 550. The molecule has 1 saturated heterocycles.